The molecule has 1 aromatic rings. The fraction of sp³-hybridized carbons (Fsp3) is 0.778. The highest BCUT2D eigenvalue weighted by molar-refractivity contribution is 7.84. The SMILES string of the molecule is CC(=O)Oc1ccc2c(c1)C[C@@H](CCCCCCCCCS(=O)CCCC(F)(F)C(F)(F)F)C1C2CCC2(C)C1CC(=O)C21CC1. The highest BCUT2D eigenvalue weighted by atomic mass is 32.2. The molecule has 0 N–H and O–H groups in total. The summed E-state index contributed by atoms with van der Waals surface area (Å²) in [5.74, 6) is -1.87. The normalized spacial score (nSPS) is 28.8. The zero-order valence-electron chi connectivity index (χ0n) is 27.2. The molecule has 5 rings (SSSR count). The number of esters is 1. The molecule has 4 aliphatic rings. The number of fused-ring (bicyclic) bond motifs is 6. The van der Waals surface area contributed by atoms with Crippen molar-refractivity contribution in [2.45, 2.75) is 135 Å². The lowest BCUT2D eigenvalue weighted by Gasteiger charge is -2.53. The number of hydrogen-bond donors (Lipinski definition) is 0. The van der Waals surface area contributed by atoms with Gasteiger partial charge in [-0.3, -0.25) is 13.8 Å². The van der Waals surface area contributed by atoms with Crippen molar-refractivity contribution in [2.24, 2.45) is 28.6 Å². The average Bonchev–Trinajstić information content (AvgIpc) is 3.76. The van der Waals surface area contributed by atoms with Gasteiger partial charge in [0.1, 0.15) is 11.5 Å². The van der Waals surface area contributed by atoms with Gasteiger partial charge in [0.2, 0.25) is 0 Å². The Hall–Kier alpha value is -1.84. The smallest absolute Gasteiger partial charge is 0.427 e. The fourth-order valence-corrected chi connectivity index (χ4v) is 10.7. The van der Waals surface area contributed by atoms with Crippen LogP contribution in [-0.4, -0.2) is 39.6 Å². The number of ether oxygens (including phenoxy) is 1. The Kier molecular flexibility index (Phi) is 10.8. The number of benzene rings is 1. The first kappa shape index (κ1) is 35.5. The van der Waals surface area contributed by atoms with Crippen LogP contribution in [0.25, 0.3) is 0 Å². The maximum atomic E-state index is 13.3. The standard InChI is InChI=1S/C36H49F5O4S/c1-24(42)45-27-12-13-28-26(22-27)21-25(32-29(28)14-16-33(2)30(32)23-31(43)34(33)17-18-34)11-8-6-4-3-5-7-9-19-46(44)20-10-15-35(37,38)36(39,40)41/h12-13,22,25,29-30,32H,3-11,14-21,23H2,1-2H3/t25-,29?,30?,32?,33?,46?/m1/s1. The van der Waals surface area contributed by atoms with Gasteiger partial charge in [-0.25, -0.2) is 0 Å². The third-order valence-corrected chi connectivity index (χ3v) is 13.5. The van der Waals surface area contributed by atoms with Gasteiger partial charge in [0, 0.05) is 47.5 Å². The zero-order valence-corrected chi connectivity index (χ0v) is 28.0. The van der Waals surface area contributed by atoms with Gasteiger partial charge in [-0.2, -0.15) is 22.0 Å². The molecular weight excluding hydrogens is 623 g/mol. The summed E-state index contributed by atoms with van der Waals surface area (Å²) in [6, 6.07) is 6.14. The van der Waals surface area contributed by atoms with Gasteiger partial charge in [0.25, 0.3) is 0 Å². The van der Waals surface area contributed by atoms with Gasteiger partial charge in [-0.1, -0.05) is 51.5 Å². The molecule has 3 saturated carbocycles. The summed E-state index contributed by atoms with van der Waals surface area (Å²) in [5, 5.41) is 0. The van der Waals surface area contributed by atoms with Crippen molar-refractivity contribution in [1.29, 1.82) is 0 Å². The van der Waals surface area contributed by atoms with E-state index in [9.17, 15) is 35.8 Å². The Morgan fingerprint density at radius 1 is 0.935 bits per heavy atom. The van der Waals surface area contributed by atoms with Crippen LogP contribution in [0.1, 0.15) is 127 Å². The molecule has 4 aliphatic carbocycles. The number of unbranched alkanes of at least 4 members (excludes halogenated alkanes) is 6. The summed E-state index contributed by atoms with van der Waals surface area (Å²) in [5.41, 5.74) is 2.70. The van der Waals surface area contributed by atoms with Crippen LogP contribution in [-0.2, 0) is 26.8 Å². The lowest BCUT2D eigenvalue weighted by Crippen LogP contribution is -2.46. The minimum Gasteiger partial charge on any atom is -0.427 e. The highest BCUT2D eigenvalue weighted by Crippen LogP contribution is 2.75. The van der Waals surface area contributed by atoms with E-state index < -0.39 is 35.7 Å². The van der Waals surface area contributed by atoms with E-state index in [1.165, 1.54) is 18.1 Å². The van der Waals surface area contributed by atoms with Crippen LogP contribution in [0.3, 0.4) is 0 Å². The summed E-state index contributed by atoms with van der Waals surface area (Å²) in [4.78, 5) is 25.0. The van der Waals surface area contributed by atoms with Crippen molar-refractivity contribution in [3.63, 3.8) is 0 Å². The first-order chi connectivity index (χ1) is 21.7. The van der Waals surface area contributed by atoms with Gasteiger partial charge < -0.3 is 4.74 Å². The predicted molar refractivity (Wildman–Crippen MR) is 168 cm³/mol. The number of Topliss-reactive ketones (excluding diaryl/α,β-unsaturated/α-hetero) is 1. The molecular formula is C36H49F5O4S. The summed E-state index contributed by atoms with van der Waals surface area (Å²) in [7, 11) is -1.37. The molecule has 0 amide bonds. The molecule has 6 atom stereocenters. The van der Waals surface area contributed by atoms with Crippen LogP contribution >= 0.6 is 0 Å². The van der Waals surface area contributed by atoms with E-state index in [2.05, 4.69) is 19.1 Å². The van der Waals surface area contributed by atoms with Crippen molar-refractivity contribution in [2.75, 3.05) is 11.5 Å². The van der Waals surface area contributed by atoms with E-state index in [1.807, 2.05) is 6.07 Å². The van der Waals surface area contributed by atoms with E-state index >= 15 is 0 Å². The molecule has 4 nitrogen and oxygen atoms in total. The van der Waals surface area contributed by atoms with Crippen molar-refractivity contribution in [3.8, 4) is 5.75 Å². The minimum absolute atomic E-state index is 0.0684. The molecule has 0 radical (unpaired) electrons. The van der Waals surface area contributed by atoms with Gasteiger partial charge in [0.15, 0.2) is 0 Å². The molecule has 1 spiro atoms. The lowest BCUT2D eigenvalue weighted by atomic mass is 9.50. The number of alkyl halides is 5. The van der Waals surface area contributed by atoms with Gasteiger partial charge >= 0.3 is 18.1 Å². The van der Waals surface area contributed by atoms with E-state index in [1.54, 1.807) is 0 Å². The Labute approximate surface area is 272 Å². The molecule has 0 aliphatic heterocycles. The van der Waals surface area contributed by atoms with Gasteiger partial charge in [-0.05, 0) is 104 Å². The molecule has 10 heteroatoms. The number of halogens is 5. The molecule has 46 heavy (non-hydrogen) atoms. The fourth-order valence-electron chi connectivity index (χ4n) is 9.52. The summed E-state index contributed by atoms with van der Waals surface area (Å²) in [6.45, 7) is 3.83. The van der Waals surface area contributed by atoms with E-state index in [0.29, 0.717) is 47.4 Å². The van der Waals surface area contributed by atoms with E-state index in [4.69, 9.17) is 4.74 Å². The molecule has 3 fully saturated rings. The molecule has 0 bridgehead atoms. The maximum Gasteiger partial charge on any atom is 0.453 e. The number of rotatable bonds is 15. The topological polar surface area (TPSA) is 60.4 Å². The Morgan fingerprint density at radius 3 is 2.24 bits per heavy atom. The van der Waals surface area contributed by atoms with Crippen LogP contribution < -0.4 is 4.74 Å². The second-order valence-corrected chi connectivity index (χ2v) is 16.5. The first-order valence-electron chi connectivity index (χ1n) is 17.3. The van der Waals surface area contributed by atoms with Crippen molar-refractivity contribution >= 4 is 22.6 Å². The molecule has 5 unspecified atom stereocenters. The number of carbonyl (C=O) groups is 2. The first-order valence-corrected chi connectivity index (χ1v) is 18.8. The van der Waals surface area contributed by atoms with Gasteiger partial charge in [0.05, 0.1) is 0 Å². The van der Waals surface area contributed by atoms with Crippen LogP contribution in [0.2, 0.25) is 0 Å². The number of hydrogen-bond acceptors (Lipinski definition) is 4. The third kappa shape index (κ3) is 7.26. The second kappa shape index (κ2) is 13.9. The summed E-state index contributed by atoms with van der Waals surface area (Å²) < 4.78 is 80.3. The molecule has 0 aromatic heterocycles. The van der Waals surface area contributed by atoms with Gasteiger partial charge in [-0.15, -0.1) is 0 Å². The Morgan fingerprint density at radius 2 is 1.59 bits per heavy atom. The largest absolute Gasteiger partial charge is 0.453 e. The second-order valence-electron chi connectivity index (χ2n) is 14.8. The van der Waals surface area contributed by atoms with Crippen molar-refractivity contribution < 1.29 is 40.5 Å². The van der Waals surface area contributed by atoms with Crippen LogP contribution in [0.4, 0.5) is 22.0 Å². The average molecular weight is 673 g/mol. The van der Waals surface area contributed by atoms with Crippen molar-refractivity contribution in [1.82, 2.24) is 0 Å². The minimum atomic E-state index is -5.55. The number of carbonyl (C=O) groups excluding carboxylic acids is 2. The Balaban J connectivity index is 1.08. The highest BCUT2D eigenvalue weighted by Gasteiger charge is 2.71. The van der Waals surface area contributed by atoms with Crippen LogP contribution in [0.15, 0.2) is 18.2 Å². The van der Waals surface area contributed by atoms with E-state index in [-0.39, 0.29) is 22.6 Å². The molecule has 0 saturated heterocycles. The van der Waals surface area contributed by atoms with Crippen LogP contribution in [0.5, 0.6) is 5.75 Å². The third-order valence-electron chi connectivity index (χ3n) is 12.0. The zero-order chi connectivity index (χ0) is 33.3. The molecule has 1 aromatic carbocycles. The van der Waals surface area contributed by atoms with Crippen LogP contribution in [0, 0.1) is 28.6 Å². The number of ketones is 1. The molecule has 258 valence electrons. The summed E-state index contributed by atoms with van der Waals surface area (Å²) in [6.07, 6.45) is 6.72. The predicted octanol–water partition coefficient (Wildman–Crippen LogP) is 9.50. The maximum absolute atomic E-state index is 13.3. The summed E-state index contributed by atoms with van der Waals surface area (Å²) >= 11 is 0. The quantitative estimate of drug-likeness (QED) is 0.0806. The van der Waals surface area contributed by atoms with E-state index in [0.717, 1.165) is 83.5 Å². The monoisotopic (exact) mass is 672 g/mol. The molecule has 0 heterocycles. The Bertz CT molecular complexity index is 1290. The van der Waals surface area contributed by atoms with Crippen molar-refractivity contribution in [3.05, 3.63) is 29.3 Å². The lowest BCUT2D eigenvalue weighted by molar-refractivity contribution is -0.284.